The Bertz CT molecular complexity index is 455. The van der Waals surface area contributed by atoms with Gasteiger partial charge in [0.25, 0.3) is 0 Å². The molecule has 0 aliphatic rings. The molecule has 0 aliphatic heterocycles. The Hall–Kier alpha value is -1.96. The van der Waals surface area contributed by atoms with Crippen molar-refractivity contribution in [2.75, 3.05) is 0 Å². The number of hydrogen-bond acceptors (Lipinski definition) is 6. The maximum atomic E-state index is 12.4. The Labute approximate surface area is 136 Å². The highest BCUT2D eigenvalue weighted by molar-refractivity contribution is 5.98. The van der Waals surface area contributed by atoms with Gasteiger partial charge in [-0.3, -0.25) is 9.59 Å². The first-order valence-corrected chi connectivity index (χ1v) is 7.37. The van der Waals surface area contributed by atoms with Crippen molar-refractivity contribution in [2.45, 2.75) is 65.1 Å². The molecule has 0 rings (SSSR count). The minimum absolute atomic E-state index is 0.0867. The smallest absolute Gasteiger partial charge is 0.417 e. The van der Waals surface area contributed by atoms with Gasteiger partial charge in [0, 0.05) is 0 Å². The van der Waals surface area contributed by atoms with Crippen LogP contribution in [0.4, 0.5) is 4.79 Å². The molecule has 2 atom stereocenters. The highest BCUT2D eigenvalue weighted by Gasteiger charge is 2.37. The monoisotopic (exact) mass is 330 g/mol. The Morgan fingerprint density at radius 2 is 1.78 bits per heavy atom. The number of carbonyl (C=O) groups is 4. The molecule has 0 spiro atoms. The lowest BCUT2D eigenvalue weighted by atomic mass is 10.0. The number of imide groups is 1. The Morgan fingerprint density at radius 3 is 2.13 bits per heavy atom. The number of nitrogens with two attached hydrogens (primary N) is 1. The van der Waals surface area contributed by atoms with Gasteiger partial charge >= 0.3 is 12.1 Å². The minimum Gasteiger partial charge on any atom is -0.481 e. The molecule has 0 aromatic carbocycles. The van der Waals surface area contributed by atoms with Gasteiger partial charge in [-0.1, -0.05) is 13.8 Å². The van der Waals surface area contributed by atoms with E-state index in [0.717, 1.165) is 0 Å². The maximum absolute atomic E-state index is 12.4. The predicted octanol–water partition coefficient (Wildman–Crippen LogP) is 1.17. The van der Waals surface area contributed by atoms with E-state index in [0.29, 0.717) is 4.90 Å². The molecule has 0 unspecified atom stereocenters. The molecule has 0 aromatic rings. The maximum Gasteiger partial charge on any atom is 0.417 e. The number of carbonyl (C=O) groups excluding carboxylic acids is 3. The van der Waals surface area contributed by atoms with Gasteiger partial charge in [0.1, 0.15) is 17.9 Å². The normalized spacial score (nSPS) is 14.0. The largest absolute Gasteiger partial charge is 0.481 e. The van der Waals surface area contributed by atoms with Gasteiger partial charge in [0.05, 0.1) is 12.5 Å². The summed E-state index contributed by atoms with van der Waals surface area (Å²) in [4.78, 5) is 47.3. The van der Waals surface area contributed by atoms with E-state index in [4.69, 9.17) is 15.6 Å². The number of ether oxygens (including phenoxy) is 1. The Balaban J connectivity index is 5.50. The number of amides is 2. The molecule has 0 fully saturated rings. The lowest BCUT2D eigenvalue weighted by Gasteiger charge is -2.30. The third-order valence-electron chi connectivity index (χ3n) is 2.74. The van der Waals surface area contributed by atoms with E-state index in [1.807, 2.05) is 13.8 Å². The summed E-state index contributed by atoms with van der Waals surface area (Å²) in [5, 5.41) is 8.86. The summed E-state index contributed by atoms with van der Waals surface area (Å²) in [6, 6.07) is -2.49. The number of carboxylic acids is 1. The molecule has 8 nitrogen and oxygen atoms in total. The van der Waals surface area contributed by atoms with Crippen molar-refractivity contribution in [3.05, 3.63) is 0 Å². The van der Waals surface area contributed by atoms with Crippen LogP contribution in [0.25, 0.3) is 0 Å². The molecule has 132 valence electrons. The fourth-order valence-corrected chi connectivity index (χ4v) is 1.87. The average Bonchev–Trinajstić information content (AvgIpc) is 2.33. The summed E-state index contributed by atoms with van der Waals surface area (Å²) in [5.41, 5.74) is 4.87. The van der Waals surface area contributed by atoms with Gasteiger partial charge in [0.2, 0.25) is 5.91 Å². The topological polar surface area (TPSA) is 127 Å². The zero-order valence-corrected chi connectivity index (χ0v) is 14.2. The third-order valence-corrected chi connectivity index (χ3v) is 2.74. The molecule has 0 aliphatic carbocycles. The molecule has 0 saturated carbocycles. The van der Waals surface area contributed by atoms with Gasteiger partial charge in [-0.2, -0.15) is 0 Å². The van der Waals surface area contributed by atoms with Crippen LogP contribution in [0.3, 0.4) is 0 Å². The summed E-state index contributed by atoms with van der Waals surface area (Å²) in [6.45, 7) is 8.47. The summed E-state index contributed by atoms with van der Waals surface area (Å²) < 4.78 is 5.10. The number of aliphatic carboxylic acids is 1. The van der Waals surface area contributed by atoms with Gasteiger partial charge < -0.3 is 20.4 Å². The minimum atomic E-state index is -1.46. The highest BCUT2D eigenvalue weighted by Crippen LogP contribution is 2.16. The number of carboxylic acid groups (broad SMARTS) is 1. The Morgan fingerprint density at radius 1 is 1.26 bits per heavy atom. The van der Waals surface area contributed by atoms with Crippen LogP contribution in [0.15, 0.2) is 0 Å². The molecule has 2 amide bonds. The van der Waals surface area contributed by atoms with Crippen molar-refractivity contribution in [1.29, 1.82) is 0 Å². The first-order valence-electron chi connectivity index (χ1n) is 7.37. The van der Waals surface area contributed by atoms with Gasteiger partial charge in [-0.25, -0.2) is 9.69 Å². The standard InChI is InChI=1S/C15H26N2O6/c1-9(2)6-11(16)13(21)17(10(8-18)7-12(19)20)14(22)23-15(3,4)5/h8-11H,6-7,16H2,1-5H3,(H,19,20)/t10-,11-/m0/s1. The molecule has 0 radical (unpaired) electrons. The van der Waals surface area contributed by atoms with Crippen molar-refractivity contribution < 1.29 is 29.0 Å². The number of rotatable bonds is 7. The van der Waals surface area contributed by atoms with E-state index in [9.17, 15) is 19.2 Å². The van der Waals surface area contributed by atoms with E-state index >= 15 is 0 Å². The lowest BCUT2D eigenvalue weighted by molar-refractivity contribution is -0.143. The van der Waals surface area contributed by atoms with Crippen molar-refractivity contribution in [1.82, 2.24) is 4.90 Å². The first-order chi connectivity index (χ1) is 10.4. The fourth-order valence-electron chi connectivity index (χ4n) is 1.87. The third kappa shape index (κ3) is 7.73. The van der Waals surface area contributed by atoms with Crippen LogP contribution in [0.1, 0.15) is 47.5 Å². The molecule has 3 N–H and O–H groups in total. The van der Waals surface area contributed by atoms with Gasteiger partial charge in [0.15, 0.2) is 0 Å². The van der Waals surface area contributed by atoms with Crippen LogP contribution in [0.2, 0.25) is 0 Å². The molecule has 0 aromatic heterocycles. The zero-order valence-electron chi connectivity index (χ0n) is 14.2. The van der Waals surface area contributed by atoms with Crippen molar-refractivity contribution >= 4 is 24.3 Å². The second-order valence-electron chi connectivity index (χ2n) is 6.73. The molecule has 0 saturated heterocycles. The quantitative estimate of drug-likeness (QED) is 0.671. The first kappa shape index (κ1) is 21.0. The van der Waals surface area contributed by atoms with E-state index < -0.39 is 42.1 Å². The molecule has 0 heterocycles. The molecule has 8 heteroatoms. The zero-order chi connectivity index (χ0) is 18.4. The SMILES string of the molecule is CC(C)C[C@H](N)C(=O)N(C(=O)OC(C)(C)C)[C@H](C=O)CC(=O)O. The van der Waals surface area contributed by atoms with Crippen molar-refractivity contribution in [3.8, 4) is 0 Å². The number of nitrogens with zero attached hydrogens (tertiary/aromatic N) is 1. The number of hydrogen-bond donors (Lipinski definition) is 2. The van der Waals surface area contributed by atoms with Crippen LogP contribution in [0, 0.1) is 5.92 Å². The van der Waals surface area contributed by atoms with Crippen molar-refractivity contribution in [3.63, 3.8) is 0 Å². The van der Waals surface area contributed by atoms with Gasteiger partial charge in [-0.15, -0.1) is 0 Å². The van der Waals surface area contributed by atoms with Crippen molar-refractivity contribution in [2.24, 2.45) is 11.7 Å². The molecule has 23 heavy (non-hydrogen) atoms. The summed E-state index contributed by atoms with van der Waals surface area (Å²) in [7, 11) is 0. The summed E-state index contributed by atoms with van der Waals surface area (Å²) in [6.07, 6.45) is -1.27. The van der Waals surface area contributed by atoms with Crippen LogP contribution in [-0.2, 0) is 19.1 Å². The Kier molecular flexibility index (Phi) is 7.88. The van der Waals surface area contributed by atoms with Crippen LogP contribution < -0.4 is 5.73 Å². The average molecular weight is 330 g/mol. The second-order valence-corrected chi connectivity index (χ2v) is 6.73. The van der Waals surface area contributed by atoms with E-state index in [-0.39, 0.29) is 18.6 Å². The fraction of sp³-hybridized carbons (Fsp3) is 0.733. The van der Waals surface area contributed by atoms with E-state index in [2.05, 4.69) is 0 Å². The molecule has 0 bridgehead atoms. The van der Waals surface area contributed by atoms with Crippen LogP contribution >= 0.6 is 0 Å². The predicted molar refractivity (Wildman–Crippen MR) is 82.6 cm³/mol. The van der Waals surface area contributed by atoms with E-state index in [1.165, 1.54) is 0 Å². The summed E-state index contributed by atoms with van der Waals surface area (Å²) >= 11 is 0. The van der Waals surface area contributed by atoms with Crippen LogP contribution in [-0.4, -0.2) is 51.9 Å². The highest BCUT2D eigenvalue weighted by atomic mass is 16.6. The van der Waals surface area contributed by atoms with Crippen LogP contribution in [0.5, 0.6) is 0 Å². The lowest BCUT2D eigenvalue weighted by Crippen LogP contribution is -2.54. The molecular formula is C15H26N2O6. The summed E-state index contributed by atoms with van der Waals surface area (Å²) in [5.74, 6) is -2.06. The van der Waals surface area contributed by atoms with Gasteiger partial charge in [-0.05, 0) is 33.1 Å². The van der Waals surface area contributed by atoms with E-state index in [1.54, 1.807) is 20.8 Å². The number of aldehydes is 1. The second kappa shape index (κ2) is 8.61. The molecular weight excluding hydrogens is 304 g/mol.